The number of allylic oxidation sites excluding steroid dienone is 1. The van der Waals surface area contributed by atoms with Crippen molar-refractivity contribution in [1.82, 2.24) is 10.6 Å². The van der Waals surface area contributed by atoms with Crippen LogP contribution in [0.15, 0.2) is 35.4 Å². The van der Waals surface area contributed by atoms with E-state index in [1.807, 2.05) is 6.92 Å². The van der Waals surface area contributed by atoms with Gasteiger partial charge in [0.25, 0.3) is 5.91 Å². The van der Waals surface area contributed by atoms with Gasteiger partial charge in [-0.05, 0) is 31.0 Å². The third-order valence-corrected chi connectivity index (χ3v) is 5.06. The van der Waals surface area contributed by atoms with E-state index in [1.165, 1.54) is 0 Å². The van der Waals surface area contributed by atoms with Gasteiger partial charge in [-0.15, -0.1) is 11.8 Å². The number of fused-ring (bicyclic) bond motifs is 1. The summed E-state index contributed by atoms with van der Waals surface area (Å²) in [5, 5.41) is 27.8. The lowest BCUT2D eigenvalue weighted by atomic mass is 10.1. The van der Waals surface area contributed by atoms with Crippen LogP contribution in [0.25, 0.3) is 0 Å². The summed E-state index contributed by atoms with van der Waals surface area (Å²) < 4.78 is 0. The molecule has 1 aromatic carbocycles. The fourth-order valence-corrected chi connectivity index (χ4v) is 3.40. The normalized spacial score (nSPS) is 13.1. The highest BCUT2D eigenvalue weighted by Gasteiger charge is 2.23. The number of rotatable bonds is 10. The molecule has 0 radical (unpaired) electrons. The van der Waals surface area contributed by atoms with E-state index in [2.05, 4.69) is 22.5 Å². The molecular formula is C18H24N4O5S. The Morgan fingerprint density at radius 1 is 1.39 bits per heavy atom. The van der Waals surface area contributed by atoms with Gasteiger partial charge in [-0.3, -0.25) is 19.6 Å². The zero-order valence-corrected chi connectivity index (χ0v) is 16.3. The molecule has 1 aromatic rings. The van der Waals surface area contributed by atoms with Gasteiger partial charge in [0.05, 0.1) is 11.6 Å². The molecule has 0 aliphatic carbocycles. The van der Waals surface area contributed by atoms with Crippen LogP contribution in [0, 0.1) is 0 Å². The minimum atomic E-state index is -1.16. The average Bonchev–Trinajstić information content (AvgIpc) is 3.15. The molecule has 28 heavy (non-hydrogen) atoms. The number of hydroxylamine groups is 1. The van der Waals surface area contributed by atoms with Gasteiger partial charge >= 0.3 is 5.97 Å². The molecule has 1 heterocycles. The number of carboxylic acids is 1. The molecule has 0 saturated heterocycles. The SMILES string of the molecule is C=C(CC)NC(CCC(=O)N(O)c1ccc2c(c1)SCN2)C(=O)NCC(=O)O. The van der Waals surface area contributed by atoms with Crippen molar-refractivity contribution in [3.05, 3.63) is 30.5 Å². The summed E-state index contributed by atoms with van der Waals surface area (Å²) in [6.07, 6.45) is 0.527. The Bertz CT molecular complexity index is 770. The van der Waals surface area contributed by atoms with E-state index in [-0.39, 0.29) is 12.8 Å². The van der Waals surface area contributed by atoms with E-state index in [1.54, 1.807) is 30.0 Å². The second-order valence-electron chi connectivity index (χ2n) is 6.16. The van der Waals surface area contributed by atoms with E-state index in [4.69, 9.17) is 5.11 Å². The van der Waals surface area contributed by atoms with Crippen LogP contribution in [0.3, 0.4) is 0 Å². The first-order valence-corrected chi connectivity index (χ1v) is 9.76. The molecule has 0 bridgehead atoms. The van der Waals surface area contributed by atoms with Gasteiger partial charge in [0.15, 0.2) is 0 Å². The maximum absolute atomic E-state index is 12.4. The van der Waals surface area contributed by atoms with E-state index < -0.39 is 30.4 Å². The molecule has 0 saturated carbocycles. The summed E-state index contributed by atoms with van der Waals surface area (Å²) in [6, 6.07) is 4.30. The average molecular weight is 408 g/mol. The number of anilines is 2. The highest BCUT2D eigenvalue weighted by Crippen LogP contribution is 2.36. The largest absolute Gasteiger partial charge is 0.480 e. The summed E-state index contributed by atoms with van der Waals surface area (Å²) in [5.41, 5.74) is 1.89. The molecule has 2 amide bonds. The number of benzene rings is 1. The first kappa shape index (κ1) is 21.6. The van der Waals surface area contributed by atoms with Gasteiger partial charge in [0.2, 0.25) is 5.91 Å². The van der Waals surface area contributed by atoms with Crippen molar-refractivity contribution in [2.75, 3.05) is 22.8 Å². The number of hydrogen-bond acceptors (Lipinski definition) is 7. The van der Waals surface area contributed by atoms with Crippen molar-refractivity contribution < 1.29 is 24.7 Å². The van der Waals surface area contributed by atoms with Crippen LogP contribution in [0.5, 0.6) is 0 Å². The van der Waals surface area contributed by atoms with Crippen molar-refractivity contribution in [1.29, 1.82) is 0 Å². The number of carbonyl (C=O) groups is 3. The van der Waals surface area contributed by atoms with Crippen molar-refractivity contribution in [2.24, 2.45) is 0 Å². The molecule has 0 fully saturated rings. The van der Waals surface area contributed by atoms with Gasteiger partial charge in [0.1, 0.15) is 12.6 Å². The van der Waals surface area contributed by atoms with E-state index in [0.717, 1.165) is 16.5 Å². The fourth-order valence-electron chi connectivity index (χ4n) is 2.52. The highest BCUT2D eigenvalue weighted by atomic mass is 32.2. The maximum Gasteiger partial charge on any atom is 0.322 e. The summed E-state index contributed by atoms with van der Waals surface area (Å²) in [4.78, 5) is 36.2. The Kier molecular flexibility index (Phi) is 7.70. The Morgan fingerprint density at radius 2 is 2.14 bits per heavy atom. The lowest BCUT2D eigenvalue weighted by molar-refractivity contribution is -0.138. The van der Waals surface area contributed by atoms with Crippen molar-refractivity contribution >= 4 is 40.9 Å². The van der Waals surface area contributed by atoms with E-state index in [0.29, 0.717) is 22.9 Å². The predicted octanol–water partition coefficient (Wildman–Crippen LogP) is 1.75. The van der Waals surface area contributed by atoms with Crippen LogP contribution < -0.4 is 21.0 Å². The molecule has 0 aromatic heterocycles. The molecule has 1 atom stereocenters. The van der Waals surface area contributed by atoms with Crippen molar-refractivity contribution in [3.63, 3.8) is 0 Å². The number of nitrogens with one attached hydrogen (secondary N) is 3. The van der Waals surface area contributed by atoms with Crippen LogP contribution in [0.2, 0.25) is 0 Å². The van der Waals surface area contributed by atoms with E-state index >= 15 is 0 Å². The van der Waals surface area contributed by atoms with Crippen LogP contribution in [-0.2, 0) is 14.4 Å². The number of aliphatic carboxylic acids is 1. The van der Waals surface area contributed by atoms with Crippen LogP contribution in [0.4, 0.5) is 11.4 Å². The van der Waals surface area contributed by atoms with Crippen LogP contribution >= 0.6 is 11.8 Å². The van der Waals surface area contributed by atoms with Gasteiger partial charge in [0, 0.05) is 22.7 Å². The second-order valence-corrected chi connectivity index (χ2v) is 7.17. The van der Waals surface area contributed by atoms with E-state index in [9.17, 15) is 19.6 Å². The summed E-state index contributed by atoms with van der Waals surface area (Å²) in [7, 11) is 0. The standard InChI is InChI=1S/C18H24N4O5S/c1-3-11(2)21-14(18(26)19-9-17(24)25)6-7-16(23)22(27)12-4-5-13-15(8-12)28-10-20-13/h4-5,8,14,20-21,27H,2-3,6-7,9-10H2,1H3,(H,19,26)(H,24,25). The summed E-state index contributed by atoms with van der Waals surface area (Å²) >= 11 is 1.57. The molecule has 1 aliphatic heterocycles. The third-order valence-electron chi connectivity index (χ3n) is 4.12. The molecule has 1 aliphatic rings. The number of nitrogens with zero attached hydrogens (tertiary/aromatic N) is 1. The van der Waals surface area contributed by atoms with Gasteiger partial charge in [-0.2, -0.15) is 5.06 Å². The number of amides is 2. The highest BCUT2D eigenvalue weighted by molar-refractivity contribution is 7.99. The first-order chi connectivity index (χ1) is 13.3. The van der Waals surface area contributed by atoms with Gasteiger partial charge in [-0.1, -0.05) is 13.5 Å². The molecule has 9 nitrogen and oxygen atoms in total. The fraction of sp³-hybridized carbons (Fsp3) is 0.389. The second kappa shape index (κ2) is 10.00. The zero-order chi connectivity index (χ0) is 20.7. The Balaban J connectivity index is 1.97. The molecule has 2 rings (SSSR count). The molecular weight excluding hydrogens is 384 g/mol. The molecule has 0 spiro atoms. The minimum Gasteiger partial charge on any atom is -0.480 e. The molecule has 1 unspecified atom stereocenters. The molecule has 152 valence electrons. The monoisotopic (exact) mass is 408 g/mol. The zero-order valence-electron chi connectivity index (χ0n) is 15.5. The quantitative estimate of drug-likeness (QED) is 0.292. The van der Waals surface area contributed by atoms with Gasteiger partial charge in [-0.25, -0.2) is 0 Å². The summed E-state index contributed by atoms with van der Waals surface area (Å²) in [6.45, 7) is 5.11. The lowest BCUT2D eigenvalue weighted by Crippen LogP contribution is -2.45. The van der Waals surface area contributed by atoms with Crippen molar-refractivity contribution in [2.45, 2.75) is 37.1 Å². The minimum absolute atomic E-state index is 0.0710. The third kappa shape index (κ3) is 5.89. The van der Waals surface area contributed by atoms with Crippen molar-refractivity contribution in [3.8, 4) is 0 Å². The number of carbonyl (C=O) groups excluding carboxylic acids is 2. The predicted molar refractivity (Wildman–Crippen MR) is 106 cm³/mol. The topological polar surface area (TPSA) is 131 Å². The molecule has 5 N–H and O–H groups in total. The lowest BCUT2D eigenvalue weighted by Gasteiger charge is -2.21. The Morgan fingerprint density at radius 3 is 2.82 bits per heavy atom. The van der Waals surface area contributed by atoms with Crippen LogP contribution in [-0.4, -0.2) is 46.6 Å². The number of hydrogen-bond donors (Lipinski definition) is 5. The smallest absolute Gasteiger partial charge is 0.322 e. The summed E-state index contributed by atoms with van der Waals surface area (Å²) in [5.74, 6) is -1.55. The first-order valence-electron chi connectivity index (χ1n) is 8.78. The maximum atomic E-state index is 12.4. The van der Waals surface area contributed by atoms with Gasteiger partial charge < -0.3 is 21.1 Å². The number of carboxylic acid groups (broad SMARTS) is 1. The molecule has 10 heteroatoms. The Labute approximate surface area is 167 Å². The van der Waals surface area contributed by atoms with Crippen LogP contribution in [0.1, 0.15) is 26.2 Å². The number of thioether (sulfide) groups is 1. The Hall–Kier alpha value is -2.72.